The second-order valence-electron chi connectivity index (χ2n) is 8.32. The molecular formula is C23H23F3N6S. The number of rotatable bonds is 3. The van der Waals surface area contributed by atoms with Gasteiger partial charge in [0.05, 0.1) is 17.7 Å². The van der Waals surface area contributed by atoms with Crippen LogP contribution in [0.3, 0.4) is 0 Å². The number of fused-ring (bicyclic) bond motifs is 3. The molecule has 172 valence electrons. The average Bonchev–Trinajstić information content (AvgIpc) is 2.95. The normalized spacial score (nSPS) is 15.9. The highest BCUT2D eigenvalue weighted by atomic mass is 32.1. The maximum atomic E-state index is 12.8. The molecule has 0 saturated carbocycles. The van der Waals surface area contributed by atoms with Gasteiger partial charge in [0.1, 0.15) is 5.82 Å². The smallest absolute Gasteiger partial charge is 0.355 e. The van der Waals surface area contributed by atoms with Crippen molar-refractivity contribution >= 4 is 34.6 Å². The van der Waals surface area contributed by atoms with Crippen molar-refractivity contribution in [3.05, 3.63) is 64.6 Å². The van der Waals surface area contributed by atoms with E-state index in [9.17, 15) is 13.2 Å². The van der Waals surface area contributed by atoms with Gasteiger partial charge in [0.25, 0.3) is 0 Å². The Balaban J connectivity index is 1.34. The minimum absolute atomic E-state index is 0.558. The van der Waals surface area contributed by atoms with E-state index in [4.69, 9.17) is 17.3 Å². The van der Waals surface area contributed by atoms with Gasteiger partial charge in [-0.25, -0.2) is 9.67 Å². The summed E-state index contributed by atoms with van der Waals surface area (Å²) in [5.41, 5.74) is 2.28. The molecule has 0 aliphatic carbocycles. The Kier molecular flexibility index (Phi) is 5.57. The topological polar surface area (TPSA) is 41.6 Å². The number of aryl methyl sites for hydroxylation is 1. The molecule has 1 saturated heterocycles. The first-order chi connectivity index (χ1) is 15.8. The van der Waals surface area contributed by atoms with Crippen LogP contribution in [0.2, 0.25) is 0 Å². The average molecular weight is 473 g/mol. The third-order valence-electron chi connectivity index (χ3n) is 6.10. The molecule has 0 unspecified atom stereocenters. The van der Waals surface area contributed by atoms with Crippen LogP contribution in [-0.4, -0.2) is 50.2 Å². The lowest BCUT2D eigenvalue weighted by atomic mass is 10.1. The summed E-state index contributed by atoms with van der Waals surface area (Å²) in [4.78, 5) is 8.34. The number of hydrogen-bond donors (Lipinski definition) is 0. The number of hydrogen-bond acceptors (Lipinski definition) is 5. The van der Waals surface area contributed by atoms with Gasteiger partial charge < -0.3 is 4.90 Å². The third kappa shape index (κ3) is 4.20. The largest absolute Gasteiger partial charge is 0.417 e. The van der Waals surface area contributed by atoms with Crippen LogP contribution in [0, 0.1) is 11.7 Å². The molecule has 1 fully saturated rings. The summed E-state index contributed by atoms with van der Waals surface area (Å²) in [6, 6.07) is 12.7. The Morgan fingerprint density at radius 1 is 1.03 bits per heavy atom. The van der Waals surface area contributed by atoms with Crippen LogP contribution in [0.15, 0.2) is 48.7 Å². The van der Waals surface area contributed by atoms with Crippen molar-refractivity contribution in [2.24, 2.45) is 0 Å². The second kappa shape index (κ2) is 8.42. The molecule has 0 spiro atoms. The van der Waals surface area contributed by atoms with Gasteiger partial charge in [-0.05, 0) is 55.4 Å². The molecule has 5 rings (SSSR count). The van der Waals surface area contributed by atoms with Crippen molar-refractivity contribution < 1.29 is 13.2 Å². The van der Waals surface area contributed by atoms with Crippen LogP contribution < -0.4 is 4.90 Å². The highest BCUT2D eigenvalue weighted by Crippen LogP contribution is 2.29. The third-order valence-corrected chi connectivity index (χ3v) is 6.49. The fourth-order valence-electron chi connectivity index (χ4n) is 4.38. The monoisotopic (exact) mass is 472 g/mol. The van der Waals surface area contributed by atoms with Gasteiger partial charge in [-0.15, -0.1) is 0 Å². The van der Waals surface area contributed by atoms with Crippen LogP contribution in [0.5, 0.6) is 0 Å². The molecule has 3 aromatic heterocycles. The first-order valence-electron chi connectivity index (χ1n) is 10.8. The number of aromatic nitrogens is 4. The highest BCUT2D eigenvalue weighted by Gasteiger charge is 2.31. The molecule has 1 aliphatic rings. The van der Waals surface area contributed by atoms with Crippen molar-refractivity contribution in [2.75, 3.05) is 31.1 Å². The van der Waals surface area contributed by atoms with Crippen LogP contribution in [0.25, 0.3) is 16.6 Å². The Hall–Kier alpha value is -2.98. The maximum absolute atomic E-state index is 12.8. The standard InChI is InChI=1S/C23H23F3N6S/c1-16-13-21-28-31(22(33)32(21)19-6-3-2-5-18(16)19)15-29-9-4-10-30(12-11-29)20-8-7-17(14-27-20)23(24,25)26/h2-3,5-8,13-14H,4,9-12,15H2,1H3. The molecular weight excluding hydrogens is 449 g/mol. The molecule has 4 heterocycles. The highest BCUT2D eigenvalue weighted by molar-refractivity contribution is 7.71. The van der Waals surface area contributed by atoms with E-state index >= 15 is 0 Å². The van der Waals surface area contributed by atoms with E-state index in [-0.39, 0.29) is 0 Å². The Morgan fingerprint density at radius 3 is 2.61 bits per heavy atom. The number of anilines is 1. The number of para-hydroxylation sites is 1. The van der Waals surface area contributed by atoms with E-state index < -0.39 is 11.7 Å². The molecule has 10 heteroatoms. The van der Waals surface area contributed by atoms with Crippen molar-refractivity contribution in [1.82, 2.24) is 24.1 Å². The van der Waals surface area contributed by atoms with Crippen molar-refractivity contribution in [2.45, 2.75) is 26.2 Å². The number of benzene rings is 1. The van der Waals surface area contributed by atoms with E-state index in [2.05, 4.69) is 35.0 Å². The van der Waals surface area contributed by atoms with Gasteiger partial charge >= 0.3 is 6.18 Å². The summed E-state index contributed by atoms with van der Waals surface area (Å²) < 4.78 is 43.0. The van der Waals surface area contributed by atoms with Crippen LogP contribution in [-0.2, 0) is 12.8 Å². The minimum atomic E-state index is -4.38. The summed E-state index contributed by atoms with van der Waals surface area (Å²) in [5.74, 6) is 0.566. The van der Waals surface area contributed by atoms with Crippen molar-refractivity contribution in [3.8, 4) is 0 Å². The lowest BCUT2D eigenvalue weighted by Crippen LogP contribution is -2.32. The van der Waals surface area contributed by atoms with Gasteiger partial charge in [-0.1, -0.05) is 18.2 Å². The molecule has 0 amide bonds. The zero-order valence-electron chi connectivity index (χ0n) is 18.1. The van der Waals surface area contributed by atoms with Gasteiger partial charge in [0.15, 0.2) is 5.65 Å². The second-order valence-corrected chi connectivity index (χ2v) is 8.69. The Labute approximate surface area is 193 Å². The first kappa shape index (κ1) is 21.8. The summed E-state index contributed by atoms with van der Waals surface area (Å²) in [5, 5.41) is 5.91. The lowest BCUT2D eigenvalue weighted by molar-refractivity contribution is -0.137. The fraction of sp³-hybridized carbons (Fsp3) is 0.348. The number of alkyl halides is 3. The predicted octanol–water partition coefficient (Wildman–Crippen LogP) is 4.91. The quantitative estimate of drug-likeness (QED) is 0.397. The SMILES string of the molecule is Cc1cc2nn(CN3CCCN(c4ccc(C(F)(F)F)cn4)CC3)c(=S)n2c2ccccc12. The first-order valence-corrected chi connectivity index (χ1v) is 11.2. The van der Waals surface area contributed by atoms with Gasteiger partial charge in [-0.3, -0.25) is 9.30 Å². The Bertz CT molecular complexity index is 1360. The molecule has 6 nitrogen and oxygen atoms in total. The Morgan fingerprint density at radius 2 is 1.85 bits per heavy atom. The minimum Gasteiger partial charge on any atom is -0.355 e. The lowest BCUT2D eigenvalue weighted by Gasteiger charge is -2.23. The van der Waals surface area contributed by atoms with Gasteiger partial charge in [0.2, 0.25) is 4.77 Å². The zero-order valence-corrected chi connectivity index (χ0v) is 18.9. The fourth-order valence-corrected chi connectivity index (χ4v) is 4.67. The molecule has 33 heavy (non-hydrogen) atoms. The summed E-state index contributed by atoms with van der Waals surface area (Å²) in [6.07, 6.45) is -2.61. The predicted molar refractivity (Wildman–Crippen MR) is 124 cm³/mol. The molecule has 4 aromatic rings. The molecule has 0 radical (unpaired) electrons. The van der Waals surface area contributed by atoms with Gasteiger partial charge in [-0.2, -0.15) is 18.3 Å². The summed E-state index contributed by atoms with van der Waals surface area (Å²) in [7, 11) is 0. The van der Waals surface area contributed by atoms with Crippen LogP contribution in [0.4, 0.5) is 19.0 Å². The summed E-state index contributed by atoms with van der Waals surface area (Å²) in [6.45, 7) is 5.60. The van der Waals surface area contributed by atoms with E-state index in [1.165, 1.54) is 6.07 Å². The van der Waals surface area contributed by atoms with E-state index in [1.807, 2.05) is 26.1 Å². The van der Waals surface area contributed by atoms with E-state index in [0.29, 0.717) is 23.8 Å². The molecule has 0 N–H and O–H groups in total. The molecule has 1 aromatic carbocycles. The number of nitrogens with zero attached hydrogens (tertiary/aromatic N) is 6. The molecule has 0 atom stereocenters. The van der Waals surface area contributed by atoms with Crippen molar-refractivity contribution in [3.63, 3.8) is 0 Å². The maximum Gasteiger partial charge on any atom is 0.417 e. The number of pyridine rings is 2. The molecule has 1 aliphatic heterocycles. The zero-order chi connectivity index (χ0) is 23.2. The molecule has 0 bridgehead atoms. The van der Waals surface area contributed by atoms with Crippen molar-refractivity contribution in [1.29, 1.82) is 0 Å². The van der Waals surface area contributed by atoms with E-state index in [1.54, 1.807) is 0 Å². The summed E-state index contributed by atoms with van der Waals surface area (Å²) >= 11 is 5.77. The number of halogens is 3. The van der Waals surface area contributed by atoms with E-state index in [0.717, 1.165) is 60.4 Å². The van der Waals surface area contributed by atoms with Crippen LogP contribution >= 0.6 is 12.2 Å². The van der Waals surface area contributed by atoms with Gasteiger partial charge in [0, 0.05) is 37.8 Å². The van der Waals surface area contributed by atoms with Crippen LogP contribution in [0.1, 0.15) is 17.5 Å².